The Morgan fingerprint density at radius 3 is 2.76 bits per heavy atom. The molecular formula is C12H18N2O3. The van der Waals surface area contributed by atoms with Crippen LogP contribution in [0.5, 0.6) is 0 Å². The van der Waals surface area contributed by atoms with Gasteiger partial charge in [0.05, 0.1) is 19.6 Å². The fraction of sp³-hybridized carbons (Fsp3) is 0.500. The van der Waals surface area contributed by atoms with Gasteiger partial charge in [-0.15, -0.1) is 0 Å². The maximum Gasteiger partial charge on any atom is 0.312 e. The number of carbonyl (C=O) groups is 1. The van der Waals surface area contributed by atoms with Gasteiger partial charge >= 0.3 is 5.97 Å². The lowest BCUT2D eigenvalue weighted by Crippen LogP contribution is -2.12. The summed E-state index contributed by atoms with van der Waals surface area (Å²) in [6.45, 7) is 3.12. The summed E-state index contributed by atoms with van der Waals surface area (Å²) in [7, 11) is 3.03. The van der Waals surface area contributed by atoms with Crippen molar-refractivity contribution in [3.8, 4) is 0 Å². The van der Waals surface area contributed by atoms with Gasteiger partial charge in [0.2, 0.25) is 0 Å². The van der Waals surface area contributed by atoms with Crippen molar-refractivity contribution < 1.29 is 14.3 Å². The molecule has 1 N–H and O–H groups in total. The average Bonchev–Trinajstić information content (AvgIpc) is 2.38. The highest BCUT2D eigenvalue weighted by Gasteiger charge is 2.15. The molecule has 0 aliphatic rings. The van der Waals surface area contributed by atoms with E-state index in [1.807, 2.05) is 12.1 Å². The van der Waals surface area contributed by atoms with Crippen LogP contribution in [0.2, 0.25) is 0 Å². The van der Waals surface area contributed by atoms with Crippen LogP contribution in [0.15, 0.2) is 18.3 Å². The number of rotatable bonds is 6. The molecule has 0 amide bonds. The van der Waals surface area contributed by atoms with Gasteiger partial charge in [-0.25, -0.2) is 4.98 Å². The lowest BCUT2D eigenvalue weighted by Gasteiger charge is -2.10. The summed E-state index contributed by atoms with van der Waals surface area (Å²) in [5, 5.41) is 3.10. The Morgan fingerprint density at radius 2 is 2.24 bits per heavy atom. The van der Waals surface area contributed by atoms with Crippen molar-refractivity contribution in [2.24, 2.45) is 0 Å². The van der Waals surface area contributed by atoms with Crippen LogP contribution in [-0.4, -0.2) is 38.3 Å². The predicted octanol–water partition coefficient (Wildman–Crippen LogP) is 1.42. The number of hydrogen-bond acceptors (Lipinski definition) is 5. The number of nitrogens with zero attached hydrogens (tertiary/aromatic N) is 1. The first-order valence-corrected chi connectivity index (χ1v) is 5.45. The number of methoxy groups -OCH3 is 2. The van der Waals surface area contributed by atoms with Crippen LogP contribution in [0.1, 0.15) is 18.4 Å². The first kappa shape index (κ1) is 13.4. The Bertz CT molecular complexity index is 351. The molecule has 0 radical (unpaired) electrons. The van der Waals surface area contributed by atoms with E-state index in [1.54, 1.807) is 20.2 Å². The quantitative estimate of drug-likeness (QED) is 0.600. The van der Waals surface area contributed by atoms with Crippen LogP contribution >= 0.6 is 0 Å². The maximum absolute atomic E-state index is 11.3. The summed E-state index contributed by atoms with van der Waals surface area (Å²) in [5.41, 5.74) is 0.842. The molecule has 0 aromatic carbocycles. The highest BCUT2D eigenvalue weighted by atomic mass is 16.5. The Labute approximate surface area is 101 Å². The normalized spacial score (nSPS) is 11.9. The van der Waals surface area contributed by atoms with E-state index >= 15 is 0 Å². The van der Waals surface area contributed by atoms with E-state index in [1.165, 1.54) is 7.11 Å². The number of esters is 1. The zero-order chi connectivity index (χ0) is 12.7. The molecule has 0 aliphatic heterocycles. The van der Waals surface area contributed by atoms with E-state index in [0.717, 1.165) is 11.4 Å². The number of pyridine rings is 1. The summed E-state index contributed by atoms with van der Waals surface area (Å²) in [6.07, 6.45) is 1.68. The molecule has 17 heavy (non-hydrogen) atoms. The zero-order valence-electron chi connectivity index (χ0n) is 10.4. The van der Waals surface area contributed by atoms with Gasteiger partial charge in [0.1, 0.15) is 5.82 Å². The van der Waals surface area contributed by atoms with Gasteiger partial charge in [-0.1, -0.05) is 6.07 Å². The molecule has 1 aromatic rings. The van der Waals surface area contributed by atoms with Gasteiger partial charge in [0, 0.05) is 19.9 Å². The van der Waals surface area contributed by atoms with Crippen molar-refractivity contribution >= 4 is 11.8 Å². The smallest absolute Gasteiger partial charge is 0.312 e. The van der Waals surface area contributed by atoms with Crippen molar-refractivity contribution in [2.45, 2.75) is 12.8 Å². The van der Waals surface area contributed by atoms with Crippen LogP contribution in [-0.2, 0) is 14.3 Å². The molecule has 0 saturated carbocycles. The van der Waals surface area contributed by atoms with Crippen molar-refractivity contribution in [2.75, 3.05) is 32.7 Å². The molecule has 0 spiro atoms. The largest absolute Gasteiger partial charge is 0.469 e. The lowest BCUT2D eigenvalue weighted by molar-refractivity contribution is -0.142. The average molecular weight is 238 g/mol. The Kier molecular flexibility index (Phi) is 5.42. The molecule has 0 bridgehead atoms. The van der Waals surface area contributed by atoms with Gasteiger partial charge in [-0.05, 0) is 18.6 Å². The van der Waals surface area contributed by atoms with Crippen LogP contribution in [0, 0.1) is 0 Å². The highest BCUT2D eigenvalue weighted by Crippen LogP contribution is 2.16. The molecular weight excluding hydrogens is 220 g/mol. The third-order valence-electron chi connectivity index (χ3n) is 2.45. The first-order valence-electron chi connectivity index (χ1n) is 5.45. The van der Waals surface area contributed by atoms with E-state index in [0.29, 0.717) is 13.2 Å². The van der Waals surface area contributed by atoms with Crippen molar-refractivity contribution in [1.29, 1.82) is 0 Å². The fourth-order valence-electron chi connectivity index (χ4n) is 1.36. The number of nitrogens with one attached hydrogen (secondary N) is 1. The molecule has 5 nitrogen and oxygen atoms in total. The second kappa shape index (κ2) is 6.85. The fourth-order valence-corrected chi connectivity index (χ4v) is 1.36. The predicted molar refractivity (Wildman–Crippen MR) is 65.0 cm³/mol. The number of hydrogen-bond donors (Lipinski definition) is 1. The molecule has 1 heterocycles. The standard InChI is InChI=1S/C12H18N2O3/c1-9(12(15)17-3)10-4-5-11(14-8-10)13-6-7-16-2/h4-5,8-9H,6-7H2,1-3H3,(H,13,14). The van der Waals surface area contributed by atoms with Crippen molar-refractivity contribution in [3.05, 3.63) is 23.9 Å². The van der Waals surface area contributed by atoms with E-state index < -0.39 is 0 Å². The third-order valence-corrected chi connectivity index (χ3v) is 2.45. The molecule has 1 rings (SSSR count). The minimum atomic E-state index is -0.291. The number of ether oxygens (including phenoxy) is 2. The molecule has 0 saturated heterocycles. The molecule has 5 heteroatoms. The van der Waals surface area contributed by atoms with Gasteiger partial charge in [-0.3, -0.25) is 4.79 Å². The van der Waals surface area contributed by atoms with E-state index in [4.69, 9.17) is 4.74 Å². The zero-order valence-corrected chi connectivity index (χ0v) is 10.4. The minimum Gasteiger partial charge on any atom is -0.469 e. The molecule has 1 aromatic heterocycles. The molecule has 1 unspecified atom stereocenters. The Morgan fingerprint density at radius 1 is 1.47 bits per heavy atom. The SMILES string of the molecule is COCCNc1ccc(C(C)C(=O)OC)cn1. The van der Waals surface area contributed by atoms with Crippen molar-refractivity contribution in [3.63, 3.8) is 0 Å². The maximum atomic E-state index is 11.3. The number of carbonyl (C=O) groups excluding carboxylic acids is 1. The van der Waals surface area contributed by atoms with Crippen LogP contribution in [0.3, 0.4) is 0 Å². The van der Waals surface area contributed by atoms with Gasteiger partial charge in [0.25, 0.3) is 0 Å². The second-order valence-electron chi connectivity index (χ2n) is 3.64. The Hall–Kier alpha value is -1.62. The summed E-state index contributed by atoms with van der Waals surface area (Å²) < 4.78 is 9.60. The van der Waals surface area contributed by atoms with Gasteiger partial charge < -0.3 is 14.8 Å². The Balaban J connectivity index is 2.58. The van der Waals surface area contributed by atoms with Crippen LogP contribution in [0.25, 0.3) is 0 Å². The summed E-state index contributed by atoms with van der Waals surface area (Å²) >= 11 is 0. The van der Waals surface area contributed by atoms with E-state index in [-0.39, 0.29) is 11.9 Å². The van der Waals surface area contributed by atoms with E-state index in [9.17, 15) is 4.79 Å². The van der Waals surface area contributed by atoms with Crippen LogP contribution in [0.4, 0.5) is 5.82 Å². The second-order valence-corrected chi connectivity index (χ2v) is 3.64. The van der Waals surface area contributed by atoms with E-state index in [2.05, 4.69) is 15.0 Å². The number of anilines is 1. The monoisotopic (exact) mass is 238 g/mol. The topological polar surface area (TPSA) is 60.5 Å². The molecule has 94 valence electrons. The summed E-state index contributed by atoms with van der Waals surface area (Å²) in [4.78, 5) is 15.5. The third kappa shape index (κ3) is 4.03. The molecule has 1 atom stereocenters. The van der Waals surface area contributed by atoms with Crippen LogP contribution < -0.4 is 5.32 Å². The highest BCUT2D eigenvalue weighted by molar-refractivity contribution is 5.77. The molecule has 0 aliphatic carbocycles. The van der Waals surface area contributed by atoms with Crippen molar-refractivity contribution in [1.82, 2.24) is 4.98 Å². The summed E-state index contributed by atoms with van der Waals surface area (Å²) in [5.74, 6) is 0.218. The molecule has 0 fully saturated rings. The lowest BCUT2D eigenvalue weighted by atomic mass is 10.0. The number of aromatic nitrogens is 1. The first-order chi connectivity index (χ1) is 8.19. The summed E-state index contributed by atoms with van der Waals surface area (Å²) in [6, 6.07) is 3.70. The minimum absolute atomic E-state index is 0.258. The van der Waals surface area contributed by atoms with Gasteiger partial charge in [0.15, 0.2) is 0 Å². The van der Waals surface area contributed by atoms with Gasteiger partial charge in [-0.2, -0.15) is 0 Å².